The van der Waals surface area contributed by atoms with E-state index in [1.807, 2.05) is 35.2 Å². The number of aromatic nitrogens is 2. The first-order valence-electron chi connectivity index (χ1n) is 11.3. The van der Waals surface area contributed by atoms with Crippen LogP contribution in [-0.2, 0) is 17.8 Å². The average Bonchev–Trinajstić information content (AvgIpc) is 2.81. The molecule has 0 aliphatic heterocycles. The summed E-state index contributed by atoms with van der Waals surface area (Å²) in [6.07, 6.45) is 5.35. The van der Waals surface area contributed by atoms with Crippen LogP contribution < -0.4 is 4.90 Å². The van der Waals surface area contributed by atoms with Crippen molar-refractivity contribution < 1.29 is 15.0 Å². The Balaban J connectivity index is 1.82. The second-order valence-electron chi connectivity index (χ2n) is 8.84. The summed E-state index contributed by atoms with van der Waals surface area (Å²) in [4.78, 5) is 23.2. The molecule has 0 unspecified atom stereocenters. The number of aryl methyl sites for hydroxylation is 1. The number of carboxylic acids is 1. The van der Waals surface area contributed by atoms with Crippen molar-refractivity contribution in [1.29, 1.82) is 0 Å². The van der Waals surface area contributed by atoms with Gasteiger partial charge in [-0.25, -0.2) is 9.97 Å². The van der Waals surface area contributed by atoms with E-state index >= 15 is 0 Å². The van der Waals surface area contributed by atoms with Gasteiger partial charge in [-0.3, -0.25) is 4.79 Å². The molecule has 0 saturated heterocycles. The second-order valence-corrected chi connectivity index (χ2v) is 10.5. The van der Waals surface area contributed by atoms with Gasteiger partial charge in [0.15, 0.2) is 0 Å². The highest BCUT2D eigenvalue weighted by Gasteiger charge is 2.28. The van der Waals surface area contributed by atoms with E-state index in [4.69, 9.17) is 0 Å². The van der Waals surface area contributed by atoms with Crippen molar-refractivity contribution in [2.24, 2.45) is 0 Å². The maximum absolute atomic E-state index is 11.4. The first kappa shape index (κ1) is 26.0. The Kier molecular flexibility index (Phi) is 8.71. The summed E-state index contributed by atoms with van der Waals surface area (Å²) < 4.78 is -0.913. The van der Waals surface area contributed by atoms with Gasteiger partial charge in [0.05, 0.1) is 12.2 Å². The van der Waals surface area contributed by atoms with E-state index in [0.717, 1.165) is 16.2 Å². The monoisotopic (exact) mass is 489 g/mol. The number of anilines is 1. The zero-order valence-corrected chi connectivity index (χ0v) is 21.1. The lowest BCUT2D eigenvalue weighted by Crippen LogP contribution is -2.27. The molecule has 0 radical (unpaired) electrons. The Morgan fingerprint density at radius 3 is 2.34 bits per heavy atom. The zero-order valence-electron chi connectivity index (χ0n) is 20.3. The average molecular weight is 490 g/mol. The van der Waals surface area contributed by atoms with Gasteiger partial charge in [0.1, 0.15) is 22.7 Å². The van der Waals surface area contributed by atoms with Gasteiger partial charge in [-0.15, -0.1) is 11.8 Å². The van der Waals surface area contributed by atoms with E-state index in [2.05, 4.69) is 47.7 Å². The molecule has 0 atom stereocenters. The summed E-state index contributed by atoms with van der Waals surface area (Å²) >= 11 is 1.30. The highest BCUT2D eigenvalue weighted by Crippen LogP contribution is 2.33. The fourth-order valence-corrected chi connectivity index (χ4v) is 4.34. The minimum atomic E-state index is -0.913. The minimum Gasteiger partial charge on any atom is -0.510 e. The van der Waals surface area contributed by atoms with Crippen molar-refractivity contribution in [2.45, 2.75) is 43.4 Å². The molecule has 0 aliphatic rings. The number of rotatable bonds is 11. The van der Waals surface area contributed by atoms with Gasteiger partial charge >= 0.3 is 5.97 Å². The van der Waals surface area contributed by atoms with Gasteiger partial charge in [-0.05, 0) is 50.1 Å². The molecule has 2 aromatic carbocycles. The fraction of sp³-hybridized carbons (Fsp3) is 0.250. The van der Waals surface area contributed by atoms with Crippen LogP contribution in [0.2, 0.25) is 0 Å². The topological polar surface area (TPSA) is 86.5 Å². The van der Waals surface area contributed by atoms with Crippen LogP contribution >= 0.6 is 11.8 Å². The lowest BCUT2D eigenvalue weighted by molar-refractivity contribution is -0.138. The third-order valence-electron chi connectivity index (χ3n) is 5.39. The van der Waals surface area contributed by atoms with Crippen LogP contribution in [0.3, 0.4) is 0 Å². The molecule has 1 heterocycles. The molecular formula is C28H31N3O3S. The van der Waals surface area contributed by atoms with Crippen molar-refractivity contribution in [2.75, 3.05) is 11.4 Å². The minimum absolute atomic E-state index is 0.175. The molecule has 6 nitrogen and oxygen atoms in total. The van der Waals surface area contributed by atoms with Crippen LogP contribution in [0.5, 0.6) is 0 Å². The van der Waals surface area contributed by atoms with Crippen molar-refractivity contribution >= 4 is 23.5 Å². The number of aliphatic carboxylic acids is 1. The lowest BCUT2D eigenvalue weighted by atomic mass is 10.1. The number of hydrogen-bond acceptors (Lipinski definition) is 6. The number of nitrogens with zero attached hydrogens (tertiary/aromatic N) is 3. The number of thioether (sulfide) groups is 1. The summed E-state index contributed by atoms with van der Waals surface area (Å²) in [5, 5.41) is 19.7. The number of aliphatic hydroxyl groups excluding tert-OH is 1. The largest absolute Gasteiger partial charge is 0.510 e. The van der Waals surface area contributed by atoms with Crippen molar-refractivity contribution in [3.63, 3.8) is 0 Å². The quantitative estimate of drug-likeness (QED) is 0.195. The third-order valence-corrected chi connectivity index (χ3v) is 6.58. The Morgan fingerprint density at radius 2 is 1.71 bits per heavy atom. The van der Waals surface area contributed by atoms with Crippen LogP contribution in [0.1, 0.15) is 36.2 Å². The van der Waals surface area contributed by atoms with Gasteiger partial charge in [0.25, 0.3) is 0 Å². The first-order valence-corrected chi connectivity index (χ1v) is 12.1. The molecule has 2 N–H and O–H groups in total. The van der Waals surface area contributed by atoms with E-state index in [1.54, 1.807) is 32.3 Å². The molecule has 7 heteroatoms. The molecule has 0 amide bonds. The molecule has 0 aliphatic carbocycles. The summed E-state index contributed by atoms with van der Waals surface area (Å²) in [6.45, 7) is 9.86. The Hall–Kier alpha value is -3.58. The van der Waals surface area contributed by atoms with Crippen LogP contribution in [0.25, 0.3) is 0 Å². The highest BCUT2D eigenvalue weighted by atomic mass is 32.2. The number of benzene rings is 2. The highest BCUT2D eigenvalue weighted by molar-refractivity contribution is 8.01. The first-order chi connectivity index (χ1) is 16.7. The molecule has 0 saturated carbocycles. The lowest BCUT2D eigenvalue weighted by Gasteiger charge is -2.24. The number of aliphatic hydroxyl groups is 1. The number of hydrogen-bond donors (Lipinski definition) is 2. The fourth-order valence-electron chi connectivity index (χ4n) is 3.39. The number of carboxylic acid groups (broad SMARTS) is 1. The Labute approximate surface area is 211 Å². The molecule has 3 rings (SSSR count). The molecule has 3 aromatic rings. The van der Waals surface area contributed by atoms with E-state index in [-0.39, 0.29) is 12.3 Å². The predicted octanol–water partition coefficient (Wildman–Crippen LogP) is 5.97. The molecule has 182 valence electrons. The normalized spacial score (nSPS) is 11.8. The van der Waals surface area contributed by atoms with E-state index in [1.165, 1.54) is 22.9 Å². The van der Waals surface area contributed by atoms with Crippen LogP contribution in [0, 0.1) is 6.92 Å². The Morgan fingerprint density at radius 1 is 1.06 bits per heavy atom. The van der Waals surface area contributed by atoms with E-state index in [0.29, 0.717) is 18.8 Å². The van der Waals surface area contributed by atoms with Crippen LogP contribution in [-0.4, -0.2) is 37.4 Å². The summed E-state index contributed by atoms with van der Waals surface area (Å²) in [7, 11) is 0. The summed E-state index contributed by atoms with van der Waals surface area (Å²) in [5.74, 6) is 0.0260. The Bertz CT molecular complexity index is 1190. The predicted molar refractivity (Wildman–Crippen MR) is 142 cm³/mol. The second kappa shape index (κ2) is 11.7. The molecule has 0 spiro atoms. The number of allylic oxidation sites excluding steroid dienone is 2. The summed E-state index contributed by atoms with van der Waals surface area (Å²) in [5.41, 5.74) is 4.27. The van der Waals surface area contributed by atoms with Crippen molar-refractivity contribution in [1.82, 2.24) is 9.97 Å². The molecule has 1 aromatic heterocycles. The van der Waals surface area contributed by atoms with Crippen molar-refractivity contribution in [3.8, 4) is 0 Å². The molecule has 35 heavy (non-hydrogen) atoms. The van der Waals surface area contributed by atoms with Gasteiger partial charge in [0.2, 0.25) is 0 Å². The van der Waals surface area contributed by atoms with Gasteiger partial charge in [-0.2, -0.15) is 0 Å². The molecule has 0 bridgehead atoms. The van der Waals surface area contributed by atoms with Gasteiger partial charge < -0.3 is 15.1 Å². The third kappa shape index (κ3) is 7.72. The molecular weight excluding hydrogens is 458 g/mol. The van der Waals surface area contributed by atoms with E-state index < -0.39 is 10.7 Å². The zero-order chi connectivity index (χ0) is 25.4. The number of carbonyl (C=O) groups is 1. The smallest absolute Gasteiger partial charge is 0.319 e. The van der Waals surface area contributed by atoms with E-state index in [9.17, 15) is 15.0 Å². The van der Waals surface area contributed by atoms with Crippen LogP contribution in [0.4, 0.5) is 5.82 Å². The van der Waals surface area contributed by atoms with Crippen LogP contribution in [0.15, 0.2) is 90.3 Å². The van der Waals surface area contributed by atoms with Gasteiger partial charge in [0, 0.05) is 23.9 Å². The maximum atomic E-state index is 11.4. The molecule has 0 fully saturated rings. The summed E-state index contributed by atoms with van der Waals surface area (Å²) in [6, 6.07) is 18.1. The SMILES string of the molecule is C=C/C=C(\O)CN(Cc1ccc(SC(C)(C)C(=O)O)cc1)c1cc(Cc2ccc(C)cc2)ncn1. The standard InChI is InChI=1S/C28H31N3O3S/c1-5-6-24(32)18-31(17-22-11-13-25(14-12-22)35-28(3,4)27(33)34)26-16-23(29-19-30-26)15-21-9-7-20(2)8-10-21/h5-14,16,19,32H,1,15,17-18H2,2-4H3,(H,33,34)/b24-6-. The van der Waals surface area contributed by atoms with Gasteiger partial charge in [-0.1, -0.05) is 54.6 Å². The van der Waals surface area contributed by atoms with Crippen molar-refractivity contribution in [3.05, 3.63) is 108 Å². The maximum Gasteiger partial charge on any atom is 0.319 e.